The lowest BCUT2D eigenvalue weighted by Gasteiger charge is -2.16. The molecule has 0 aliphatic heterocycles. The van der Waals surface area contributed by atoms with Crippen molar-refractivity contribution in [2.45, 2.75) is 59.3 Å². The number of carboxylic acids is 1. The Morgan fingerprint density at radius 3 is 2.43 bits per heavy atom. The maximum absolute atomic E-state index is 13.4. The lowest BCUT2D eigenvalue weighted by Crippen LogP contribution is -2.39. The first-order valence-corrected chi connectivity index (χ1v) is 13.0. The van der Waals surface area contributed by atoms with E-state index in [1.165, 1.54) is 7.05 Å². The number of carbonyl (C=O) groups is 1. The molecule has 1 atom stereocenters. The number of aromatic carboxylic acids is 1. The zero-order chi connectivity index (χ0) is 25.8. The van der Waals surface area contributed by atoms with Crippen LogP contribution in [0.1, 0.15) is 61.1 Å². The van der Waals surface area contributed by atoms with Gasteiger partial charge in [-0.3, -0.25) is 14.3 Å². The minimum atomic E-state index is -1.14. The first kappa shape index (κ1) is 24.9. The van der Waals surface area contributed by atoms with E-state index in [0.717, 1.165) is 26.7 Å². The van der Waals surface area contributed by atoms with Crippen molar-refractivity contribution in [2.75, 3.05) is 0 Å². The van der Waals surface area contributed by atoms with Crippen molar-refractivity contribution in [3.05, 3.63) is 72.9 Å². The molecule has 0 amide bonds. The van der Waals surface area contributed by atoms with Crippen LogP contribution in [0.4, 0.5) is 0 Å². The molecule has 3 heterocycles. The van der Waals surface area contributed by atoms with Gasteiger partial charge in [0.2, 0.25) is 0 Å². The first-order valence-electron chi connectivity index (χ1n) is 11.7. The molecule has 1 aromatic carbocycles. The normalized spacial score (nSPS) is 12.7. The van der Waals surface area contributed by atoms with Gasteiger partial charge in [0.1, 0.15) is 15.7 Å². The molecule has 0 saturated heterocycles. The van der Waals surface area contributed by atoms with Crippen LogP contribution in [0.3, 0.4) is 0 Å². The molecule has 4 rings (SSSR count). The summed E-state index contributed by atoms with van der Waals surface area (Å²) in [6.45, 7) is 12.5. The van der Waals surface area contributed by atoms with Crippen molar-refractivity contribution < 1.29 is 9.90 Å². The SMILES string of the molecule is Cc1cc(Cc2c(C(=O)O)c3c(=O)n(C)c(=O)n(CC(C)C)c3[s+]2C(C)(C)C)c2ccccc2n1. The summed E-state index contributed by atoms with van der Waals surface area (Å²) in [5.41, 5.74) is 1.74. The van der Waals surface area contributed by atoms with Crippen molar-refractivity contribution in [1.29, 1.82) is 0 Å². The molecule has 7 nitrogen and oxygen atoms in total. The zero-order valence-corrected chi connectivity index (χ0v) is 22.1. The van der Waals surface area contributed by atoms with E-state index < -0.39 is 32.4 Å². The fourth-order valence-electron chi connectivity index (χ4n) is 4.82. The Bertz CT molecular complexity index is 1600. The first-order chi connectivity index (χ1) is 16.3. The van der Waals surface area contributed by atoms with E-state index in [9.17, 15) is 19.5 Å². The summed E-state index contributed by atoms with van der Waals surface area (Å²) >= 11 is 0. The lowest BCUT2D eigenvalue weighted by molar-refractivity contribution is 0.0698. The van der Waals surface area contributed by atoms with E-state index in [2.05, 4.69) is 4.98 Å². The van der Waals surface area contributed by atoms with Gasteiger partial charge < -0.3 is 5.11 Å². The highest BCUT2D eigenvalue weighted by atomic mass is 32.2. The number of rotatable bonds is 5. The average molecular weight is 495 g/mol. The molecule has 184 valence electrons. The number of hydrogen-bond acceptors (Lipinski definition) is 4. The maximum atomic E-state index is 13.4. The average Bonchev–Trinajstić information content (AvgIpc) is 3.10. The Hall–Kier alpha value is -3.26. The highest BCUT2D eigenvalue weighted by Gasteiger charge is 2.42. The summed E-state index contributed by atoms with van der Waals surface area (Å²) in [4.78, 5) is 45.3. The van der Waals surface area contributed by atoms with Gasteiger partial charge in [-0.25, -0.2) is 14.2 Å². The summed E-state index contributed by atoms with van der Waals surface area (Å²) in [6.07, 6.45) is 0.361. The standard InChI is InChI=1S/C27H31N3O4S/c1-15(2)14-30-24-22(23(31)29(7)26(30)34)21(25(32)33)20(35(24)27(4,5)6)13-17-12-16(3)28-19-11-9-8-10-18(17)19/h8-12,15H,13-14H2,1-7H3/p+1. The van der Waals surface area contributed by atoms with E-state index >= 15 is 0 Å². The third-order valence-electron chi connectivity index (χ3n) is 6.12. The van der Waals surface area contributed by atoms with E-state index in [0.29, 0.717) is 22.7 Å². The van der Waals surface area contributed by atoms with Crippen molar-refractivity contribution >= 4 is 37.6 Å². The Morgan fingerprint density at radius 2 is 1.83 bits per heavy atom. The number of nitrogens with zero attached hydrogens (tertiary/aromatic N) is 3. The molecule has 0 saturated carbocycles. The third-order valence-corrected chi connectivity index (χ3v) is 9.00. The second-order valence-electron chi connectivity index (χ2n) is 10.5. The van der Waals surface area contributed by atoms with Crippen molar-refractivity contribution in [2.24, 2.45) is 13.0 Å². The third kappa shape index (κ3) is 4.20. The number of aryl methyl sites for hydroxylation is 1. The molecular formula is C27H32N3O4S+. The van der Waals surface area contributed by atoms with E-state index in [-0.39, 0.29) is 16.9 Å². The summed E-state index contributed by atoms with van der Waals surface area (Å²) in [5.74, 6) is -0.994. The summed E-state index contributed by atoms with van der Waals surface area (Å²) < 4.78 is 2.28. The molecule has 0 spiro atoms. The number of fused-ring (bicyclic) bond motifs is 2. The topological polar surface area (TPSA) is 94.2 Å². The highest BCUT2D eigenvalue weighted by molar-refractivity contribution is 7.39. The number of carboxylic acid groups (broad SMARTS) is 1. The molecule has 8 heteroatoms. The number of benzene rings is 1. The van der Waals surface area contributed by atoms with Crippen LogP contribution in [0.5, 0.6) is 0 Å². The van der Waals surface area contributed by atoms with Gasteiger partial charge in [-0.15, -0.1) is 0 Å². The fraction of sp³-hybridized carbons (Fsp3) is 0.407. The summed E-state index contributed by atoms with van der Waals surface area (Å²) in [6, 6.07) is 9.80. The largest absolute Gasteiger partial charge is 0.477 e. The molecule has 0 aliphatic carbocycles. The lowest BCUT2D eigenvalue weighted by atomic mass is 10.0. The Kier molecular flexibility index (Phi) is 6.21. The zero-order valence-electron chi connectivity index (χ0n) is 21.3. The predicted molar refractivity (Wildman–Crippen MR) is 142 cm³/mol. The van der Waals surface area contributed by atoms with Crippen LogP contribution in [0.2, 0.25) is 0 Å². The summed E-state index contributed by atoms with van der Waals surface area (Å²) in [7, 11) is 0.638. The highest BCUT2D eigenvalue weighted by Crippen LogP contribution is 2.50. The second-order valence-corrected chi connectivity index (χ2v) is 13.2. The molecule has 0 aliphatic rings. The van der Waals surface area contributed by atoms with Gasteiger partial charge in [-0.1, -0.05) is 32.0 Å². The van der Waals surface area contributed by atoms with Crippen molar-refractivity contribution in [3.63, 3.8) is 0 Å². The maximum Gasteiger partial charge on any atom is 0.342 e. The minimum absolute atomic E-state index is 0.0370. The number of hydrogen-bond donors (Lipinski definition) is 1. The van der Waals surface area contributed by atoms with E-state index in [1.807, 2.05) is 71.9 Å². The number of thiophene rings is 1. The molecule has 0 bridgehead atoms. The van der Waals surface area contributed by atoms with Crippen LogP contribution in [-0.2, 0) is 24.8 Å². The van der Waals surface area contributed by atoms with Gasteiger partial charge in [0.25, 0.3) is 10.4 Å². The molecule has 35 heavy (non-hydrogen) atoms. The van der Waals surface area contributed by atoms with Crippen molar-refractivity contribution in [1.82, 2.24) is 14.1 Å². The van der Waals surface area contributed by atoms with Gasteiger partial charge in [-0.05, 0) is 51.3 Å². The van der Waals surface area contributed by atoms with Crippen LogP contribution >= 0.6 is 10.5 Å². The van der Waals surface area contributed by atoms with Crippen LogP contribution in [0, 0.1) is 12.8 Å². The van der Waals surface area contributed by atoms with Gasteiger partial charge in [0.05, 0.1) is 5.52 Å². The van der Waals surface area contributed by atoms with Gasteiger partial charge in [-0.2, -0.15) is 0 Å². The Morgan fingerprint density at radius 1 is 1.17 bits per heavy atom. The Balaban J connectivity index is 2.21. The van der Waals surface area contributed by atoms with Crippen LogP contribution in [0.15, 0.2) is 39.9 Å². The predicted octanol–water partition coefficient (Wildman–Crippen LogP) is 5.01. The smallest absolute Gasteiger partial charge is 0.342 e. The fourth-order valence-corrected chi connectivity index (χ4v) is 7.83. The van der Waals surface area contributed by atoms with Gasteiger partial charge in [0, 0.05) is 41.6 Å². The monoisotopic (exact) mass is 494 g/mol. The molecule has 3 aromatic heterocycles. The molecule has 1 unspecified atom stereocenters. The van der Waals surface area contributed by atoms with Crippen molar-refractivity contribution in [3.8, 4) is 0 Å². The molecular weight excluding hydrogens is 462 g/mol. The van der Waals surface area contributed by atoms with E-state index in [4.69, 9.17) is 0 Å². The van der Waals surface area contributed by atoms with Crippen LogP contribution in [-0.4, -0.2) is 25.2 Å². The molecule has 4 aromatic rings. The second kappa shape index (κ2) is 8.75. The van der Waals surface area contributed by atoms with Crippen LogP contribution in [0.25, 0.3) is 21.1 Å². The number of pyridine rings is 1. The number of para-hydroxylation sites is 1. The minimum Gasteiger partial charge on any atom is -0.477 e. The van der Waals surface area contributed by atoms with E-state index in [1.54, 1.807) is 4.57 Å². The number of aromatic nitrogens is 3. The van der Waals surface area contributed by atoms with Crippen LogP contribution < -0.4 is 11.2 Å². The van der Waals surface area contributed by atoms with Gasteiger partial charge >= 0.3 is 11.7 Å². The molecule has 0 fully saturated rings. The molecule has 0 radical (unpaired) electrons. The quantitative estimate of drug-likeness (QED) is 0.394. The molecule has 1 N–H and O–H groups in total. The summed E-state index contributed by atoms with van der Waals surface area (Å²) in [5, 5.41) is 11.5. The Labute approximate surface area is 206 Å². The van der Waals surface area contributed by atoms with Gasteiger partial charge in [0.15, 0.2) is 4.88 Å².